The predicted molar refractivity (Wildman–Crippen MR) is 426 cm³/mol. The SMILES string of the molecule is CC#CC(=O)[C@@]12CC(F)(F)[C@@H](C)[C@H](/C=C/c3ccc(C)cn3)[C@@H]1[C@@H](C)OC2=O.CC#CC(O)[C@@]12CC(F)(F)[C@@H](C)[C@H](/C=C/c3ccc(C)cn3)[C@@H]1[C@@H](C)OC2=O.CC#CC=O.CNN.Cc1ccc(/C=C/[C@@H]2[C@@H]3[C@@H](C)OC(=O)[C@@H]3CC(F)(F)[C@H]2C)nc1.Cc1ccc(/C=C/[C@@H]2[C@@H]3[C@@H](C)OC(=O)[C@]3(c3cc(C)n(C)n3)CC(F)(F)[C@H]2C)nc1. The first-order valence-electron chi connectivity index (χ1n) is 39.1. The molecular weight excluding hydrogens is 1520 g/mol. The number of aldehydes is 1. The van der Waals surface area contributed by atoms with Crippen molar-refractivity contribution in [2.45, 2.75) is 196 Å². The fourth-order valence-electron chi connectivity index (χ4n) is 18.0. The number of hydrogen-bond acceptors (Lipinski definition) is 18. The van der Waals surface area contributed by atoms with Crippen LogP contribution in [0, 0.1) is 158 Å². The van der Waals surface area contributed by atoms with Crippen LogP contribution in [0.2, 0.25) is 0 Å². The lowest BCUT2D eigenvalue weighted by molar-refractivity contribution is -0.184. The zero-order valence-electron chi connectivity index (χ0n) is 69.2. The number of rotatable bonds is 11. The Labute approximate surface area is 679 Å². The van der Waals surface area contributed by atoms with Crippen LogP contribution < -0.4 is 11.3 Å². The van der Waals surface area contributed by atoms with Gasteiger partial charge in [-0.25, -0.2) is 35.1 Å². The molecule has 4 aliphatic heterocycles. The van der Waals surface area contributed by atoms with E-state index in [1.807, 2.05) is 77.1 Å². The van der Waals surface area contributed by atoms with Crippen molar-refractivity contribution in [1.82, 2.24) is 35.1 Å². The number of allylic oxidation sites excluding steroid dienone is 4. The molecule has 0 amide bonds. The van der Waals surface area contributed by atoms with Gasteiger partial charge in [0.25, 0.3) is 23.7 Å². The predicted octanol–water partition coefficient (Wildman–Crippen LogP) is 14.9. The van der Waals surface area contributed by atoms with Gasteiger partial charge in [0.05, 0.1) is 34.4 Å². The number of nitrogens with one attached hydrogen (secondary N) is 1. The lowest BCUT2D eigenvalue weighted by atomic mass is 9.54. The number of carbonyl (C=O) groups is 6. The largest absolute Gasteiger partial charge is 0.462 e. The van der Waals surface area contributed by atoms with E-state index < -0.39 is 191 Å². The third-order valence-corrected chi connectivity index (χ3v) is 24.4. The Bertz CT molecular complexity index is 4690. The second kappa shape index (κ2) is 37.7. The Morgan fingerprint density at radius 3 is 1.36 bits per heavy atom. The molecule has 21 atom stereocenters. The summed E-state index contributed by atoms with van der Waals surface area (Å²) in [5.41, 5.74) is 5.03. The molecule has 4 saturated carbocycles. The number of hydrazine groups is 1. The number of ketones is 1. The number of aliphatic hydroxyl groups is 1. The van der Waals surface area contributed by atoms with Gasteiger partial charge in [-0.3, -0.25) is 64.7 Å². The minimum atomic E-state index is -3.21. The molecule has 0 radical (unpaired) electrons. The molecule has 4 N–H and O–H groups in total. The van der Waals surface area contributed by atoms with E-state index >= 15 is 8.78 Å². The Kier molecular flexibility index (Phi) is 29.8. The number of aromatic nitrogens is 6. The number of Topliss-reactive ketones (excluding diaryl/α,β-unsaturated/α-hetero) is 1. The van der Waals surface area contributed by atoms with Crippen molar-refractivity contribution >= 4 is 60.3 Å². The number of pyridine rings is 4. The van der Waals surface area contributed by atoms with Crippen molar-refractivity contribution in [1.29, 1.82) is 0 Å². The second-order valence-electron chi connectivity index (χ2n) is 32.0. The Morgan fingerprint density at radius 2 is 0.949 bits per heavy atom. The zero-order valence-corrected chi connectivity index (χ0v) is 69.2. The van der Waals surface area contributed by atoms with Crippen molar-refractivity contribution in [3.05, 3.63) is 160 Å². The van der Waals surface area contributed by atoms with Gasteiger partial charge >= 0.3 is 23.9 Å². The van der Waals surface area contributed by atoms with E-state index in [1.165, 1.54) is 27.7 Å². The van der Waals surface area contributed by atoms with E-state index in [0.717, 1.165) is 33.6 Å². The Balaban J connectivity index is 0.000000189. The molecule has 4 saturated heterocycles. The minimum absolute atomic E-state index is 0.196. The third-order valence-electron chi connectivity index (χ3n) is 24.4. The molecule has 1 unspecified atom stereocenters. The lowest BCUT2D eigenvalue weighted by Crippen LogP contribution is -2.58. The molecule has 0 bridgehead atoms. The Hall–Kier alpha value is -10.0. The number of nitrogens with zero attached hydrogens (tertiary/aromatic N) is 6. The quantitative estimate of drug-likeness (QED) is 0.0128. The van der Waals surface area contributed by atoms with E-state index in [9.17, 15) is 60.2 Å². The third kappa shape index (κ3) is 19.4. The summed E-state index contributed by atoms with van der Waals surface area (Å²) in [6.45, 7) is 27.1. The van der Waals surface area contributed by atoms with E-state index in [4.69, 9.17) is 18.9 Å². The van der Waals surface area contributed by atoms with Gasteiger partial charge in [-0.2, -0.15) is 5.10 Å². The van der Waals surface area contributed by atoms with Crippen LogP contribution in [0.4, 0.5) is 35.1 Å². The van der Waals surface area contributed by atoms with Gasteiger partial charge in [0.1, 0.15) is 41.3 Å². The van der Waals surface area contributed by atoms with Crippen LogP contribution in [0.5, 0.6) is 0 Å². The number of halogens is 8. The van der Waals surface area contributed by atoms with Crippen LogP contribution in [0.25, 0.3) is 24.3 Å². The zero-order chi connectivity index (χ0) is 86.8. The summed E-state index contributed by atoms with van der Waals surface area (Å²) in [4.78, 5) is 89.4. The van der Waals surface area contributed by atoms with Crippen LogP contribution in [0.3, 0.4) is 0 Å². The maximum atomic E-state index is 15.3. The van der Waals surface area contributed by atoms with Crippen LogP contribution in [-0.2, 0) is 60.2 Å². The summed E-state index contributed by atoms with van der Waals surface area (Å²) in [5.74, 6) is -5.72. The summed E-state index contributed by atoms with van der Waals surface area (Å²) in [6.07, 6.45) is 15.0. The number of ether oxygens (including phenoxy) is 4. The van der Waals surface area contributed by atoms with Crippen molar-refractivity contribution in [2.24, 2.45) is 101 Å². The molecule has 5 aromatic rings. The van der Waals surface area contributed by atoms with Crippen LogP contribution in [0.1, 0.15) is 158 Å². The molecule has 0 spiro atoms. The molecule has 13 rings (SSSR count). The van der Waals surface area contributed by atoms with Crippen LogP contribution >= 0.6 is 0 Å². The number of nitrogens with two attached hydrogens (primary N) is 1. The number of hydrogen-bond donors (Lipinski definition) is 3. The van der Waals surface area contributed by atoms with Crippen molar-refractivity contribution in [2.75, 3.05) is 7.05 Å². The Morgan fingerprint density at radius 1 is 0.547 bits per heavy atom. The van der Waals surface area contributed by atoms with Gasteiger partial charge in [0, 0.05) is 111 Å². The smallest absolute Gasteiger partial charge is 0.321 e. The number of fused-ring (bicyclic) bond motifs is 4. The highest BCUT2D eigenvalue weighted by Gasteiger charge is 2.73. The molecule has 8 fully saturated rings. The van der Waals surface area contributed by atoms with Gasteiger partial charge in [-0.1, -0.05) is 94.0 Å². The first kappa shape index (κ1) is 92.5. The topological polar surface area (TPSA) is 267 Å². The lowest BCUT2D eigenvalue weighted by Gasteiger charge is -2.48. The summed E-state index contributed by atoms with van der Waals surface area (Å²) >= 11 is 0. The first-order valence-corrected chi connectivity index (χ1v) is 39.1. The number of cyclic esters (lactones) is 4. The monoisotopic (exact) mass is 1630 g/mol. The molecule has 0 aromatic carbocycles. The number of alkyl halides is 8. The van der Waals surface area contributed by atoms with Crippen molar-refractivity contribution < 1.29 is 87.9 Å². The highest BCUT2D eigenvalue weighted by molar-refractivity contribution is 6.14. The number of aryl methyl sites for hydroxylation is 6. The summed E-state index contributed by atoms with van der Waals surface area (Å²) < 4.78 is 142. The van der Waals surface area contributed by atoms with E-state index in [-0.39, 0.29) is 12.0 Å². The molecule has 9 heterocycles. The number of aliphatic hydroxyl groups excluding tert-OH is 1. The van der Waals surface area contributed by atoms with Crippen LogP contribution in [-0.4, -0.2) is 132 Å². The van der Waals surface area contributed by atoms with E-state index in [2.05, 4.69) is 71.8 Å². The molecule has 27 heteroatoms. The first-order chi connectivity index (χ1) is 54.9. The molecule has 19 nitrogen and oxygen atoms in total. The summed E-state index contributed by atoms with van der Waals surface area (Å²) in [6, 6.07) is 16.7. The van der Waals surface area contributed by atoms with Crippen LogP contribution in [0.15, 0.2) is 104 Å². The standard InChI is InChI=1S/C23H27F2N3O2.C22H25F2NO3.C22H23F2NO3.C18H21F2NO2.C4H4O.CH6N2/c1-13-6-7-17(26-11-13)8-9-18-15(3)23(24,25)12-22(19-10-14(2)28(5)27-19)20(18)16(4)30-21(22)29;2*1-5-6-18(26)21-12-22(23,24)14(3)17(19(21)15(4)28-20(21)27)10-9-16-8-7-13(2)11-25-16;1-10-4-5-13(21-9-10)6-7-14-11(2)18(19,20)8-15-16(14)12(3)23-17(15)22;1-2-3-4-5;1-3-2/h6-11,15-16,18,20H,12H2,1-5H3;7-11,14-15,17-19,26H,12H2,1-4H3;7-11,14-15,17,19H,12H2,1-4H3;4-7,9,11-12,14-16H,8H2,1-3H3;4H,1H3;3H,2H2,1H3/b9-8+;2*10-9+;7-6+;;/t15-,16+,18-,20-,22-;14-,15+,17-,18?,19-,21-;14-,15+,17-,19-,21-;11-,12+,14-,15+,16-;;/m0000../s1. The summed E-state index contributed by atoms with van der Waals surface area (Å²) in [7, 11) is 3.40. The van der Waals surface area contributed by atoms with Crippen molar-refractivity contribution in [3.8, 4) is 35.5 Å². The maximum Gasteiger partial charge on any atom is 0.321 e. The number of esters is 4. The molecule has 4 aliphatic carbocycles. The average molecular weight is 1630 g/mol. The molecule has 628 valence electrons. The number of carbonyl (C=O) groups excluding carboxylic acids is 6. The second-order valence-corrected chi connectivity index (χ2v) is 32.0. The molecule has 8 aliphatic rings. The van der Waals surface area contributed by atoms with Gasteiger partial charge in [-0.05, 0) is 203 Å². The van der Waals surface area contributed by atoms with Crippen molar-refractivity contribution in [3.63, 3.8) is 0 Å². The van der Waals surface area contributed by atoms with Gasteiger partial charge in [-0.15, -0.1) is 5.92 Å². The molecular formula is C90H106F8N8O11. The average Bonchev–Trinajstić information content (AvgIpc) is 1.56. The highest BCUT2D eigenvalue weighted by Crippen LogP contribution is 2.64. The van der Waals surface area contributed by atoms with Gasteiger partial charge in [0.2, 0.25) is 5.78 Å². The maximum absolute atomic E-state index is 15.3. The summed E-state index contributed by atoms with van der Waals surface area (Å²) in [5, 5.41) is 15.1. The fourth-order valence-corrected chi connectivity index (χ4v) is 18.0. The molecule has 5 aromatic heterocycles. The molecule has 117 heavy (non-hydrogen) atoms. The van der Waals surface area contributed by atoms with Gasteiger partial charge < -0.3 is 24.1 Å². The fraction of sp³-hybridized carbons (Fsp3) is 0.522. The van der Waals surface area contributed by atoms with E-state index in [0.29, 0.717) is 29.1 Å². The minimum Gasteiger partial charge on any atom is -0.462 e. The highest BCUT2D eigenvalue weighted by atomic mass is 19.3. The van der Waals surface area contributed by atoms with E-state index in [1.54, 1.807) is 153 Å². The normalized spacial score (nSPS) is 32.3. The van der Waals surface area contributed by atoms with Gasteiger partial charge in [0.15, 0.2) is 11.7 Å².